The second kappa shape index (κ2) is 64.4. The molecule has 2 aromatic rings. The zero-order valence-corrected chi connectivity index (χ0v) is 80.3. The Labute approximate surface area is 818 Å². The lowest BCUT2D eigenvalue weighted by molar-refractivity contribution is -0.271. The van der Waals surface area contributed by atoms with Crippen molar-refractivity contribution in [3.8, 4) is 0 Å². The molecule has 1 aliphatic heterocycles. The predicted octanol–water partition coefficient (Wildman–Crippen LogP) is -13.1. The van der Waals surface area contributed by atoms with Crippen LogP contribution in [0.25, 0.3) is 0 Å². The van der Waals surface area contributed by atoms with Crippen LogP contribution < -0.4 is 141 Å². The van der Waals surface area contributed by atoms with E-state index in [4.69, 9.17) is 60.4 Å². The third-order valence-corrected chi connectivity index (χ3v) is 21.6. The Hall–Kier alpha value is -14.0. The van der Waals surface area contributed by atoms with Crippen molar-refractivity contribution in [3.63, 3.8) is 0 Å². The summed E-state index contributed by atoms with van der Waals surface area (Å²) in [5.41, 5.74) is 40.5. The molecule has 19 amide bonds. The van der Waals surface area contributed by atoms with Gasteiger partial charge in [0, 0.05) is 32.9 Å². The monoisotopic (exact) mass is 2010 g/mol. The fourth-order valence-electron chi connectivity index (χ4n) is 13.9. The van der Waals surface area contributed by atoms with Crippen LogP contribution in [0.15, 0.2) is 60.7 Å². The standard InChI is InChI=1S/C87H142N28O27/c1-43(2)34-57(79(134)103-46(5)73(128)112-59(37-63(92)120)80(135)111-56(84(139)140)28-29-62(91)119)113-77(132)52(24-14-16-30-88)109-76(131)55(27-19-33-98-87(95)96)108-72(127)45(4)104-82(137)60(42-141-85-68(105-48(7)118)70(125)69(124)61(41-116)142-85)114-78(133)53(25-15-17-31-89)110-75(130)54(26-18-32-97-86(93)94)107-71(126)44(3)102-65(122)40-101-83(138)67(47(6)117)115-81(136)58(36-50-22-12-9-13-23-50)106-66(123)39-99-64(121)38-100-74(129)51(90)35-49-20-10-8-11-21-49/h8-13,20-23,43-47,51-61,67-70,85,116-117,124-125H,14-19,24-42,88-90H2,1-7H3,(H2,91,119)(H2,92,120)(H,99,121)(H,100,129)(H,101,138)(H,102,122)(H,103,134)(H,104,137)(H,105,118)(H,106,123)(H,107,126)(H,108,127)(H,109,131)(H,110,130)(H,111,135)(H,112,128)(H,113,132)(H,114,133)(H,115,136)(H,139,140)(H4,93,94,97)(H4,95,96,98)/t44-,45-,46-,47+,51-,52-,53-,54-,55-,56-,57-,58-,59-,60-,61+,67-,68+,69-,70+,85-/m0/s1. The Bertz CT molecular complexity index is 4570. The number of hydrogen-bond acceptors (Lipinski definition) is 31. The number of aliphatic hydroxyl groups is 4. The molecular weight excluding hydrogens is 1870 g/mol. The van der Waals surface area contributed by atoms with Crippen LogP contribution in [0.3, 0.4) is 0 Å². The van der Waals surface area contributed by atoms with Gasteiger partial charge >= 0.3 is 5.97 Å². The molecular formula is C87H142N28O27. The Balaban J connectivity index is 1.97. The lowest BCUT2D eigenvalue weighted by Crippen LogP contribution is -2.65. The number of carboxylic acid groups (broad SMARTS) is 1. The van der Waals surface area contributed by atoms with E-state index < -0.39 is 304 Å². The molecule has 1 aliphatic rings. The number of carbonyl (C=O) groups is 20. The van der Waals surface area contributed by atoms with Crippen LogP contribution in [-0.2, 0) is 118 Å². The Morgan fingerprint density at radius 1 is 0.423 bits per heavy atom. The maximum Gasteiger partial charge on any atom is 0.326 e. The highest BCUT2D eigenvalue weighted by molar-refractivity contribution is 6.01. The van der Waals surface area contributed by atoms with Gasteiger partial charge in [-0.2, -0.15) is 0 Å². The average molecular weight is 2010 g/mol. The molecule has 0 unspecified atom stereocenters. The first kappa shape index (κ1) is 122. The number of rotatable bonds is 66. The quantitative estimate of drug-likeness (QED) is 0.0166. The topological polar surface area (TPSA) is 919 Å². The van der Waals surface area contributed by atoms with Crippen molar-refractivity contribution in [2.24, 2.45) is 46.1 Å². The van der Waals surface area contributed by atoms with Crippen LogP contribution in [0.2, 0.25) is 0 Å². The minimum absolute atomic E-state index is 0.0355. The summed E-state index contributed by atoms with van der Waals surface area (Å²) in [5.74, 6) is -22.3. The Morgan fingerprint density at radius 2 is 0.824 bits per heavy atom. The number of guanidine groups is 2. The molecule has 55 nitrogen and oxygen atoms in total. The summed E-state index contributed by atoms with van der Waals surface area (Å²) in [6.07, 6.45) is -11.2. The molecule has 0 aliphatic carbocycles. The molecule has 0 spiro atoms. The number of nitrogens with two attached hydrogens (primary N) is 7. The van der Waals surface area contributed by atoms with Gasteiger partial charge in [0.25, 0.3) is 0 Å². The maximum atomic E-state index is 15.0. The van der Waals surface area contributed by atoms with Crippen molar-refractivity contribution in [2.75, 3.05) is 59.0 Å². The molecule has 40 N–H and O–H groups in total. The molecule has 0 bridgehead atoms. The van der Waals surface area contributed by atoms with Crippen molar-refractivity contribution >= 4 is 130 Å². The van der Waals surface area contributed by atoms with Crippen molar-refractivity contribution in [1.82, 2.24) is 101 Å². The lowest BCUT2D eigenvalue weighted by Gasteiger charge is -2.42. The Morgan fingerprint density at radius 3 is 1.27 bits per heavy atom. The van der Waals surface area contributed by atoms with Gasteiger partial charge < -0.3 is 176 Å². The van der Waals surface area contributed by atoms with E-state index in [0.717, 1.165) is 26.3 Å². The lowest BCUT2D eigenvalue weighted by atomic mass is 9.97. The molecule has 0 aromatic heterocycles. The Kier molecular flexibility index (Phi) is 55.4. The fourth-order valence-corrected chi connectivity index (χ4v) is 13.9. The van der Waals surface area contributed by atoms with Gasteiger partial charge in [-0.1, -0.05) is 74.5 Å². The van der Waals surface area contributed by atoms with Crippen LogP contribution in [0.4, 0.5) is 0 Å². The van der Waals surface area contributed by atoms with Crippen LogP contribution in [0.1, 0.15) is 149 Å². The summed E-state index contributed by atoms with van der Waals surface area (Å²) in [4.78, 5) is 272. The summed E-state index contributed by atoms with van der Waals surface area (Å²) >= 11 is 0. The highest BCUT2D eigenvalue weighted by Gasteiger charge is 2.47. The van der Waals surface area contributed by atoms with E-state index in [-0.39, 0.29) is 116 Å². The third-order valence-electron chi connectivity index (χ3n) is 21.6. The molecule has 792 valence electrons. The molecule has 1 fully saturated rings. The van der Waals surface area contributed by atoms with Crippen LogP contribution in [0.5, 0.6) is 0 Å². The number of nitrogens with one attached hydrogen (secondary N) is 21. The first-order valence-electron chi connectivity index (χ1n) is 46.1. The number of benzene rings is 2. The largest absolute Gasteiger partial charge is 0.480 e. The number of aliphatic carboxylic acids is 1. The number of ether oxygens (including phenoxy) is 2. The highest BCUT2D eigenvalue weighted by Crippen LogP contribution is 2.23. The van der Waals surface area contributed by atoms with Gasteiger partial charge in [0.15, 0.2) is 18.2 Å². The van der Waals surface area contributed by atoms with Crippen molar-refractivity contribution < 1.29 is 131 Å². The van der Waals surface area contributed by atoms with E-state index >= 15 is 0 Å². The molecule has 142 heavy (non-hydrogen) atoms. The van der Waals surface area contributed by atoms with Gasteiger partial charge in [-0.15, -0.1) is 0 Å². The first-order chi connectivity index (χ1) is 67.0. The van der Waals surface area contributed by atoms with E-state index in [1.54, 1.807) is 74.5 Å². The molecule has 2 aromatic carbocycles. The van der Waals surface area contributed by atoms with Gasteiger partial charge in [0.05, 0.1) is 51.4 Å². The van der Waals surface area contributed by atoms with Gasteiger partial charge in [0.2, 0.25) is 112 Å². The van der Waals surface area contributed by atoms with Gasteiger partial charge in [-0.25, -0.2) is 4.79 Å². The highest BCUT2D eigenvalue weighted by atomic mass is 16.7. The third kappa shape index (κ3) is 46.9. The van der Waals surface area contributed by atoms with Crippen molar-refractivity contribution in [1.29, 1.82) is 10.8 Å². The van der Waals surface area contributed by atoms with Gasteiger partial charge in [-0.3, -0.25) is 102 Å². The van der Waals surface area contributed by atoms with Crippen LogP contribution in [-0.4, -0.2) is 336 Å². The number of unbranched alkanes of at least 4 members (excludes halogenated alkanes) is 2. The number of amides is 19. The van der Waals surface area contributed by atoms with Crippen molar-refractivity contribution in [3.05, 3.63) is 71.8 Å². The number of hydrogen-bond donors (Lipinski definition) is 33. The SMILES string of the molecule is CC(=O)N[C@H]1[C@@H](OC[C@H](NC(=O)[C@H](CCCCN)NC(=O)[C@H](CCCNC(=N)N)NC(=O)[C@H](C)NC(=O)CNC(=O)[C@@H](NC(=O)[C@H](Cc2ccccc2)NC(=O)CNC(=O)CNC(=O)[C@@H](N)Cc2ccccc2)[C@@H](C)O)C(=O)N[C@@H](C)C(=O)N[C@@H](CCCNC(=N)N)C(=O)N[C@@H](CCCCN)C(=O)N[C@@H](CC(C)C)C(=O)N[C@@H](C)C(=O)N[C@@H](CC(N)=O)C(=O)N[C@@H](CCC(N)=O)C(=O)O)O[C@H](CO)[C@H](O)[C@@H]1O. The number of aliphatic hydroxyl groups excluding tert-OH is 4. The maximum absolute atomic E-state index is 15.0. The van der Waals surface area contributed by atoms with Crippen molar-refractivity contribution in [2.45, 2.75) is 273 Å². The number of carbonyl (C=O) groups excluding carboxylic acids is 19. The second-order valence-electron chi connectivity index (χ2n) is 34.2. The summed E-state index contributed by atoms with van der Waals surface area (Å²) in [6, 6.07) is -7.19. The summed E-state index contributed by atoms with van der Waals surface area (Å²) in [7, 11) is 0. The van der Waals surface area contributed by atoms with Gasteiger partial charge in [-0.05, 0) is 141 Å². The minimum Gasteiger partial charge on any atom is -0.480 e. The van der Waals surface area contributed by atoms with Crippen LogP contribution >= 0.6 is 0 Å². The predicted molar refractivity (Wildman–Crippen MR) is 506 cm³/mol. The molecule has 1 saturated heterocycles. The first-order valence-corrected chi connectivity index (χ1v) is 46.1. The number of primary amides is 2. The number of carboxylic acids is 1. The zero-order chi connectivity index (χ0) is 107. The van der Waals surface area contributed by atoms with Gasteiger partial charge in [0.1, 0.15) is 103 Å². The molecule has 0 radical (unpaired) electrons. The van der Waals surface area contributed by atoms with E-state index in [1.807, 2.05) is 0 Å². The smallest absolute Gasteiger partial charge is 0.326 e. The summed E-state index contributed by atoms with van der Waals surface area (Å²) in [5, 5.41) is 114. The molecule has 3 rings (SSSR count). The van der Waals surface area contributed by atoms with Crippen LogP contribution in [0, 0.1) is 16.7 Å². The summed E-state index contributed by atoms with van der Waals surface area (Å²) in [6.45, 7) is 4.82. The second-order valence-corrected chi connectivity index (χ2v) is 34.2. The fraction of sp³-hybridized carbons (Fsp3) is 0.609. The molecule has 55 heteroatoms. The van der Waals surface area contributed by atoms with E-state index in [2.05, 4.69) is 101 Å². The van der Waals surface area contributed by atoms with E-state index in [1.165, 1.54) is 13.8 Å². The average Bonchev–Trinajstić information content (AvgIpc) is 0.801. The molecule has 20 atom stereocenters. The zero-order valence-electron chi connectivity index (χ0n) is 80.3. The van der Waals surface area contributed by atoms with E-state index in [9.17, 15) is 121 Å². The van der Waals surface area contributed by atoms with E-state index in [0.29, 0.717) is 5.56 Å². The minimum atomic E-state index is -2.04. The normalized spacial score (nSPS) is 17.4. The summed E-state index contributed by atoms with van der Waals surface area (Å²) < 4.78 is 11.7. The molecule has 1 heterocycles. The molecule has 0 saturated carbocycles.